The molecule has 0 unspecified atom stereocenters. The van der Waals surface area contributed by atoms with Crippen molar-refractivity contribution in [3.63, 3.8) is 0 Å². The summed E-state index contributed by atoms with van der Waals surface area (Å²) in [4.78, 5) is 3.03. The fourth-order valence-electron chi connectivity index (χ4n) is 1.36. The molecule has 0 aromatic carbocycles. The van der Waals surface area contributed by atoms with Crippen LogP contribution in [0.25, 0.3) is 0 Å². The molecule has 74 valence electrons. The lowest BCUT2D eigenvalue weighted by atomic mass is 10.2. The van der Waals surface area contributed by atoms with E-state index in [0.29, 0.717) is 0 Å². The Bertz CT molecular complexity index is 374. The molecule has 2 aromatic heterocycles. The molecule has 14 heavy (non-hydrogen) atoms. The number of hydrogen-bond donors (Lipinski definition) is 3. The maximum atomic E-state index is 3.97. The maximum Gasteiger partial charge on any atom is 0.0535 e. The zero-order chi connectivity index (χ0) is 9.80. The molecule has 0 amide bonds. The molecule has 0 spiro atoms. The summed E-state index contributed by atoms with van der Waals surface area (Å²) in [6, 6.07) is 2.06. The van der Waals surface area contributed by atoms with E-state index in [2.05, 4.69) is 26.6 Å². The molecule has 0 bridgehead atoms. The molecule has 0 aliphatic rings. The van der Waals surface area contributed by atoms with Crippen LogP contribution in [0.15, 0.2) is 24.7 Å². The summed E-state index contributed by atoms with van der Waals surface area (Å²) < 4.78 is 0. The van der Waals surface area contributed by atoms with Gasteiger partial charge in [-0.1, -0.05) is 0 Å². The summed E-state index contributed by atoms with van der Waals surface area (Å²) in [5, 5.41) is 10.2. The van der Waals surface area contributed by atoms with E-state index in [9.17, 15) is 0 Å². The molecule has 2 rings (SSSR count). The number of hydrogen-bond acceptors (Lipinski definition) is 2. The summed E-state index contributed by atoms with van der Waals surface area (Å²) >= 11 is 0. The Labute approximate surface area is 82.7 Å². The van der Waals surface area contributed by atoms with E-state index in [0.717, 1.165) is 18.8 Å². The number of nitrogens with one attached hydrogen (secondary N) is 3. The number of aryl methyl sites for hydroxylation is 1. The van der Waals surface area contributed by atoms with Crippen LogP contribution >= 0.6 is 0 Å². The number of H-pyrrole nitrogens is 2. The zero-order valence-electron chi connectivity index (χ0n) is 8.17. The SMILES string of the molecule is Cc1[nH]ncc1CNCc1cc[nH]c1. The highest BCUT2D eigenvalue weighted by Crippen LogP contribution is 2.02. The lowest BCUT2D eigenvalue weighted by Crippen LogP contribution is -2.12. The second-order valence-electron chi connectivity index (χ2n) is 3.34. The van der Waals surface area contributed by atoms with E-state index in [1.54, 1.807) is 0 Å². The van der Waals surface area contributed by atoms with Crippen molar-refractivity contribution in [3.05, 3.63) is 41.5 Å². The normalized spacial score (nSPS) is 10.6. The Morgan fingerprint density at radius 3 is 3.00 bits per heavy atom. The van der Waals surface area contributed by atoms with E-state index in [-0.39, 0.29) is 0 Å². The van der Waals surface area contributed by atoms with Gasteiger partial charge >= 0.3 is 0 Å². The Balaban J connectivity index is 1.81. The largest absolute Gasteiger partial charge is 0.367 e. The molecular weight excluding hydrogens is 176 g/mol. The van der Waals surface area contributed by atoms with Gasteiger partial charge in [-0.3, -0.25) is 5.10 Å². The van der Waals surface area contributed by atoms with Gasteiger partial charge in [0.05, 0.1) is 6.20 Å². The van der Waals surface area contributed by atoms with Crippen molar-refractivity contribution < 1.29 is 0 Å². The molecule has 0 fully saturated rings. The van der Waals surface area contributed by atoms with Crippen molar-refractivity contribution >= 4 is 0 Å². The summed E-state index contributed by atoms with van der Waals surface area (Å²) in [7, 11) is 0. The fourth-order valence-corrected chi connectivity index (χ4v) is 1.36. The van der Waals surface area contributed by atoms with Gasteiger partial charge in [-0.25, -0.2) is 0 Å². The third kappa shape index (κ3) is 2.03. The van der Waals surface area contributed by atoms with Gasteiger partial charge in [-0.2, -0.15) is 5.10 Å². The predicted molar refractivity (Wildman–Crippen MR) is 54.7 cm³/mol. The molecule has 0 atom stereocenters. The Hall–Kier alpha value is -1.55. The van der Waals surface area contributed by atoms with Gasteiger partial charge < -0.3 is 10.3 Å². The molecule has 0 aliphatic heterocycles. The minimum atomic E-state index is 0.855. The quantitative estimate of drug-likeness (QED) is 0.681. The average Bonchev–Trinajstić information content (AvgIpc) is 2.78. The molecule has 4 heteroatoms. The van der Waals surface area contributed by atoms with Crippen molar-refractivity contribution in [1.29, 1.82) is 0 Å². The number of aromatic amines is 2. The average molecular weight is 190 g/mol. The topological polar surface area (TPSA) is 56.5 Å². The third-order valence-electron chi connectivity index (χ3n) is 2.24. The Morgan fingerprint density at radius 2 is 2.36 bits per heavy atom. The lowest BCUT2D eigenvalue weighted by molar-refractivity contribution is 0.691. The minimum Gasteiger partial charge on any atom is -0.367 e. The van der Waals surface area contributed by atoms with Crippen LogP contribution in [-0.2, 0) is 13.1 Å². The van der Waals surface area contributed by atoms with Crippen molar-refractivity contribution in [2.45, 2.75) is 20.0 Å². The lowest BCUT2D eigenvalue weighted by Gasteiger charge is -2.01. The smallest absolute Gasteiger partial charge is 0.0535 e. The van der Waals surface area contributed by atoms with E-state index >= 15 is 0 Å². The highest BCUT2D eigenvalue weighted by molar-refractivity contribution is 5.14. The molecule has 0 saturated heterocycles. The predicted octanol–water partition coefficient (Wildman–Crippen LogP) is 1.34. The van der Waals surface area contributed by atoms with Crippen LogP contribution < -0.4 is 5.32 Å². The van der Waals surface area contributed by atoms with Crippen LogP contribution in [-0.4, -0.2) is 15.2 Å². The van der Waals surface area contributed by atoms with Gasteiger partial charge in [-0.15, -0.1) is 0 Å². The first-order valence-electron chi connectivity index (χ1n) is 4.67. The van der Waals surface area contributed by atoms with Crippen LogP contribution in [0.2, 0.25) is 0 Å². The minimum absolute atomic E-state index is 0.855. The summed E-state index contributed by atoms with van der Waals surface area (Å²) in [5.41, 5.74) is 3.62. The third-order valence-corrected chi connectivity index (χ3v) is 2.24. The van der Waals surface area contributed by atoms with Crippen LogP contribution in [0.5, 0.6) is 0 Å². The van der Waals surface area contributed by atoms with Crippen LogP contribution in [0, 0.1) is 6.92 Å². The van der Waals surface area contributed by atoms with Crippen molar-refractivity contribution in [2.24, 2.45) is 0 Å². The highest BCUT2D eigenvalue weighted by Gasteiger charge is 1.99. The molecule has 3 N–H and O–H groups in total. The summed E-state index contributed by atoms with van der Waals surface area (Å²) in [6.07, 6.45) is 5.79. The van der Waals surface area contributed by atoms with Crippen LogP contribution in [0.4, 0.5) is 0 Å². The second kappa shape index (κ2) is 4.11. The van der Waals surface area contributed by atoms with Gasteiger partial charge in [0.25, 0.3) is 0 Å². The second-order valence-corrected chi connectivity index (χ2v) is 3.34. The van der Waals surface area contributed by atoms with Gasteiger partial charge in [0.2, 0.25) is 0 Å². The standard InChI is InChI=1S/C10H14N4/c1-8-10(7-13-14-8)6-12-5-9-2-3-11-4-9/h2-4,7,11-12H,5-6H2,1H3,(H,13,14). The molecule has 4 nitrogen and oxygen atoms in total. The number of nitrogens with zero attached hydrogens (tertiary/aromatic N) is 1. The van der Waals surface area contributed by atoms with Crippen LogP contribution in [0.3, 0.4) is 0 Å². The summed E-state index contributed by atoms with van der Waals surface area (Å²) in [6.45, 7) is 3.77. The molecule has 2 aromatic rings. The van der Waals surface area contributed by atoms with Gasteiger partial charge in [-0.05, 0) is 18.6 Å². The first-order chi connectivity index (χ1) is 6.86. The maximum absolute atomic E-state index is 3.97. The van der Waals surface area contributed by atoms with E-state index < -0.39 is 0 Å². The Morgan fingerprint density at radius 1 is 1.43 bits per heavy atom. The number of aromatic nitrogens is 3. The van der Waals surface area contributed by atoms with E-state index in [1.807, 2.05) is 25.5 Å². The van der Waals surface area contributed by atoms with Crippen molar-refractivity contribution in [2.75, 3.05) is 0 Å². The first-order valence-corrected chi connectivity index (χ1v) is 4.67. The Kier molecular flexibility index (Phi) is 2.65. The monoisotopic (exact) mass is 190 g/mol. The van der Waals surface area contributed by atoms with Gasteiger partial charge in [0, 0.05) is 36.7 Å². The summed E-state index contributed by atoms with van der Waals surface area (Å²) in [5.74, 6) is 0. The van der Waals surface area contributed by atoms with Crippen molar-refractivity contribution in [3.8, 4) is 0 Å². The molecule has 0 aliphatic carbocycles. The van der Waals surface area contributed by atoms with E-state index in [4.69, 9.17) is 0 Å². The molecule has 0 saturated carbocycles. The zero-order valence-corrected chi connectivity index (χ0v) is 8.17. The van der Waals surface area contributed by atoms with Gasteiger partial charge in [0.1, 0.15) is 0 Å². The number of rotatable bonds is 4. The van der Waals surface area contributed by atoms with Gasteiger partial charge in [0.15, 0.2) is 0 Å². The van der Waals surface area contributed by atoms with E-state index in [1.165, 1.54) is 11.1 Å². The molecular formula is C10H14N4. The molecule has 2 heterocycles. The van der Waals surface area contributed by atoms with Crippen molar-refractivity contribution in [1.82, 2.24) is 20.5 Å². The first kappa shape index (κ1) is 9.02. The fraction of sp³-hybridized carbons (Fsp3) is 0.300. The highest BCUT2D eigenvalue weighted by atomic mass is 15.1. The molecule has 0 radical (unpaired) electrons. The van der Waals surface area contributed by atoms with Crippen LogP contribution in [0.1, 0.15) is 16.8 Å².